The molecule has 60 valence electrons. The number of nitrogens with two attached hydrogens (primary N) is 1. The third-order valence-electron chi connectivity index (χ3n) is 2.07. The first-order chi connectivity index (χ1) is 5.16. The normalized spacial score (nSPS) is 10.0. The van der Waals surface area contributed by atoms with Gasteiger partial charge in [-0.1, -0.05) is 6.08 Å². The van der Waals surface area contributed by atoms with Crippen molar-refractivity contribution in [2.75, 3.05) is 5.84 Å². The molecule has 0 aliphatic carbocycles. The van der Waals surface area contributed by atoms with Crippen LogP contribution in [0.5, 0.6) is 0 Å². The Labute approximate surface area is 67.3 Å². The molecule has 0 aliphatic rings. The SMILES string of the molecule is C=CCc1cn(N)c(C)c1C. The average molecular weight is 150 g/mol. The van der Waals surface area contributed by atoms with Gasteiger partial charge in [-0.15, -0.1) is 6.58 Å². The van der Waals surface area contributed by atoms with Crippen LogP contribution in [0.25, 0.3) is 0 Å². The van der Waals surface area contributed by atoms with E-state index in [1.165, 1.54) is 11.1 Å². The second kappa shape index (κ2) is 2.82. The van der Waals surface area contributed by atoms with E-state index in [9.17, 15) is 0 Å². The van der Waals surface area contributed by atoms with Crippen LogP contribution >= 0.6 is 0 Å². The van der Waals surface area contributed by atoms with Gasteiger partial charge in [-0.25, -0.2) is 0 Å². The Balaban J connectivity index is 3.07. The quantitative estimate of drug-likeness (QED) is 0.503. The van der Waals surface area contributed by atoms with Crippen molar-refractivity contribution in [2.45, 2.75) is 20.3 Å². The van der Waals surface area contributed by atoms with Gasteiger partial charge in [0.25, 0.3) is 0 Å². The molecule has 0 atom stereocenters. The summed E-state index contributed by atoms with van der Waals surface area (Å²) < 4.78 is 1.66. The molecule has 0 amide bonds. The summed E-state index contributed by atoms with van der Waals surface area (Å²) in [5.74, 6) is 5.65. The molecule has 0 unspecified atom stereocenters. The molecule has 2 heteroatoms. The van der Waals surface area contributed by atoms with Crippen LogP contribution in [0.2, 0.25) is 0 Å². The Morgan fingerprint density at radius 1 is 1.64 bits per heavy atom. The molecule has 0 spiro atoms. The van der Waals surface area contributed by atoms with Crippen LogP contribution in [-0.4, -0.2) is 4.68 Å². The van der Waals surface area contributed by atoms with Gasteiger partial charge in [0.05, 0.1) is 0 Å². The van der Waals surface area contributed by atoms with E-state index >= 15 is 0 Å². The van der Waals surface area contributed by atoms with Crippen molar-refractivity contribution in [1.82, 2.24) is 4.68 Å². The number of nitrogens with zero attached hydrogens (tertiary/aromatic N) is 1. The van der Waals surface area contributed by atoms with Crippen LogP contribution in [0.15, 0.2) is 18.9 Å². The van der Waals surface area contributed by atoms with Gasteiger partial charge in [-0.2, -0.15) is 0 Å². The highest BCUT2D eigenvalue weighted by atomic mass is 15.3. The number of hydrogen-bond acceptors (Lipinski definition) is 1. The van der Waals surface area contributed by atoms with Gasteiger partial charge in [0.1, 0.15) is 0 Å². The minimum Gasteiger partial charge on any atom is -0.339 e. The van der Waals surface area contributed by atoms with Crippen molar-refractivity contribution in [1.29, 1.82) is 0 Å². The molecule has 11 heavy (non-hydrogen) atoms. The number of allylic oxidation sites excluding steroid dienone is 1. The Morgan fingerprint density at radius 3 is 2.64 bits per heavy atom. The maximum absolute atomic E-state index is 5.65. The maximum Gasteiger partial charge on any atom is 0.0392 e. The summed E-state index contributed by atoms with van der Waals surface area (Å²) in [6, 6.07) is 0. The van der Waals surface area contributed by atoms with Gasteiger partial charge >= 0.3 is 0 Å². The lowest BCUT2D eigenvalue weighted by molar-refractivity contribution is 0.952. The largest absolute Gasteiger partial charge is 0.339 e. The smallest absolute Gasteiger partial charge is 0.0392 e. The lowest BCUT2D eigenvalue weighted by Gasteiger charge is -1.94. The summed E-state index contributed by atoms with van der Waals surface area (Å²) in [5, 5.41) is 0. The van der Waals surface area contributed by atoms with Crippen molar-refractivity contribution in [3.63, 3.8) is 0 Å². The van der Waals surface area contributed by atoms with E-state index in [-0.39, 0.29) is 0 Å². The van der Waals surface area contributed by atoms with Crippen LogP contribution in [0.4, 0.5) is 0 Å². The van der Waals surface area contributed by atoms with E-state index in [4.69, 9.17) is 5.84 Å². The van der Waals surface area contributed by atoms with Crippen LogP contribution in [0.1, 0.15) is 16.8 Å². The molecule has 1 rings (SSSR count). The lowest BCUT2D eigenvalue weighted by atomic mass is 10.1. The van der Waals surface area contributed by atoms with E-state index in [2.05, 4.69) is 13.5 Å². The van der Waals surface area contributed by atoms with Gasteiger partial charge < -0.3 is 5.84 Å². The molecule has 1 aromatic heterocycles. The van der Waals surface area contributed by atoms with Crippen molar-refractivity contribution >= 4 is 0 Å². The van der Waals surface area contributed by atoms with E-state index in [1.54, 1.807) is 4.68 Å². The molecule has 0 fully saturated rings. The Kier molecular flexibility index (Phi) is 2.03. The molecule has 0 saturated carbocycles. The molecule has 0 bridgehead atoms. The van der Waals surface area contributed by atoms with Crippen molar-refractivity contribution in [3.8, 4) is 0 Å². The summed E-state index contributed by atoms with van der Waals surface area (Å²) in [6.45, 7) is 7.78. The molecular weight excluding hydrogens is 136 g/mol. The molecular formula is C9H14N2. The molecule has 1 heterocycles. The van der Waals surface area contributed by atoms with Gasteiger partial charge in [0.2, 0.25) is 0 Å². The van der Waals surface area contributed by atoms with Crippen molar-refractivity contribution in [3.05, 3.63) is 35.7 Å². The Morgan fingerprint density at radius 2 is 2.27 bits per heavy atom. The van der Waals surface area contributed by atoms with Gasteiger partial charge in [0, 0.05) is 11.9 Å². The van der Waals surface area contributed by atoms with E-state index in [1.807, 2.05) is 19.2 Å². The number of hydrogen-bond donors (Lipinski definition) is 1. The number of rotatable bonds is 2. The summed E-state index contributed by atoms with van der Waals surface area (Å²) >= 11 is 0. The van der Waals surface area contributed by atoms with Gasteiger partial charge in [0.15, 0.2) is 0 Å². The fourth-order valence-corrected chi connectivity index (χ4v) is 1.15. The zero-order valence-corrected chi connectivity index (χ0v) is 7.09. The molecule has 0 saturated heterocycles. The number of nitrogen functional groups attached to an aromatic ring is 1. The summed E-state index contributed by atoms with van der Waals surface area (Å²) in [4.78, 5) is 0. The third kappa shape index (κ3) is 1.29. The first kappa shape index (κ1) is 7.92. The highest BCUT2D eigenvalue weighted by molar-refractivity contribution is 5.31. The standard InChI is InChI=1S/C9H14N2/c1-4-5-9-6-11(10)8(3)7(9)2/h4,6H,1,5,10H2,2-3H3. The Bertz CT molecular complexity index is 271. The molecule has 0 aliphatic heterocycles. The third-order valence-corrected chi connectivity index (χ3v) is 2.07. The summed E-state index contributed by atoms with van der Waals surface area (Å²) in [7, 11) is 0. The first-order valence-electron chi connectivity index (χ1n) is 3.70. The molecule has 1 aromatic rings. The van der Waals surface area contributed by atoms with E-state index < -0.39 is 0 Å². The summed E-state index contributed by atoms with van der Waals surface area (Å²) in [5.41, 5.74) is 3.66. The van der Waals surface area contributed by atoms with Crippen molar-refractivity contribution < 1.29 is 0 Å². The monoisotopic (exact) mass is 150 g/mol. The van der Waals surface area contributed by atoms with Crippen LogP contribution in [0.3, 0.4) is 0 Å². The molecule has 0 aromatic carbocycles. The van der Waals surface area contributed by atoms with Crippen LogP contribution in [0, 0.1) is 13.8 Å². The maximum atomic E-state index is 5.65. The van der Waals surface area contributed by atoms with E-state index in [0.29, 0.717) is 0 Å². The predicted molar refractivity (Wildman–Crippen MR) is 48.0 cm³/mol. The minimum atomic E-state index is 0.900. The molecule has 2 N–H and O–H groups in total. The zero-order valence-electron chi connectivity index (χ0n) is 7.09. The van der Waals surface area contributed by atoms with Gasteiger partial charge in [-0.3, -0.25) is 4.68 Å². The highest BCUT2D eigenvalue weighted by Gasteiger charge is 2.04. The average Bonchev–Trinajstić information content (AvgIpc) is 2.19. The highest BCUT2D eigenvalue weighted by Crippen LogP contribution is 2.13. The lowest BCUT2D eigenvalue weighted by Crippen LogP contribution is -2.07. The number of aromatic nitrogens is 1. The van der Waals surface area contributed by atoms with Crippen molar-refractivity contribution in [2.24, 2.45) is 0 Å². The molecule has 2 nitrogen and oxygen atoms in total. The fraction of sp³-hybridized carbons (Fsp3) is 0.333. The first-order valence-corrected chi connectivity index (χ1v) is 3.70. The van der Waals surface area contributed by atoms with E-state index in [0.717, 1.165) is 12.1 Å². The minimum absolute atomic E-state index is 0.900. The summed E-state index contributed by atoms with van der Waals surface area (Å²) in [6.07, 6.45) is 4.74. The zero-order chi connectivity index (χ0) is 8.43. The topological polar surface area (TPSA) is 30.9 Å². The fourth-order valence-electron chi connectivity index (χ4n) is 1.15. The predicted octanol–water partition coefficient (Wildman–Crippen LogP) is 1.55. The Hall–Kier alpha value is -1.18. The van der Waals surface area contributed by atoms with Crippen LogP contribution in [-0.2, 0) is 6.42 Å². The second-order valence-electron chi connectivity index (χ2n) is 2.76. The second-order valence-corrected chi connectivity index (χ2v) is 2.76. The van der Waals surface area contributed by atoms with Crippen LogP contribution < -0.4 is 5.84 Å². The molecule has 0 radical (unpaired) electrons. The van der Waals surface area contributed by atoms with Gasteiger partial charge in [-0.05, 0) is 31.4 Å².